The van der Waals surface area contributed by atoms with E-state index < -0.39 is 47.0 Å². The number of thiophene rings is 2. The van der Waals surface area contributed by atoms with Crippen LogP contribution in [-0.2, 0) is 24.7 Å². The maximum absolute atomic E-state index is 13.4. The van der Waals surface area contributed by atoms with Crippen molar-refractivity contribution >= 4 is 46.0 Å². The van der Waals surface area contributed by atoms with Crippen molar-refractivity contribution in [2.45, 2.75) is 24.7 Å². The first kappa shape index (κ1) is 30.3. The molecule has 228 valence electrons. The van der Waals surface area contributed by atoms with Crippen LogP contribution in [0.5, 0.6) is 0 Å². The molecule has 0 aliphatic heterocycles. The van der Waals surface area contributed by atoms with Gasteiger partial charge in [-0.25, -0.2) is 0 Å². The largest absolute Gasteiger partial charge is 0.416 e. The molecule has 0 amide bonds. The summed E-state index contributed by atoms with van der Waals surface area (Å²) in [4.78, 5) is 1.07. The molecule has 2 aromatic carbocycles. The lowest BCUT2D eigenvalue weighted by atomic mass is 9.97. The third kappa shape index (κ3) is 5.27. The van der Waals surface area contributed by atoms with Crippen LogP contribution in [0.1, 0.15) is 43.1 Å². The van der Waals surface area contributed by atoms with E-state index in [0.717, 1.165) is 22.7 Å². The first-order chi connectivity index (χ1) is 20.3. The lowest BCUT2D eigenvalue weighted by Crippen LogP contribution is -2.11. The van der Waals surface area contributed by atoms with Gasteiger partial charge in [0.25, 0.3) is 0 Å². The average Bonchev–Trinajstić information content (AvgIpc) is 3.68. The second kappa shape index (κ2) is 9.86. The molecular formula is C30H12F12S2. The van der Waals surface area contributed by atoms with E-state index in [1.54, 1.807) is 24.3 Å². The second-order valence-corrected chi connectivity index (χ2v) is 11.6. The summed E-state index contributed by atoms with van der Waals surface area (Å²) in [6.45, 7) is 0. The highest BCUT2D eigenvalue weighted by atomic mass is 32.1. The summed E-state index contributed by atoms with van der Waals surface area (Å²) in [6.07, 6.45) is -13.8. The quantitative estimate of drug-likeness (QED) is 0.187. The number of fused-ring (bicyclic) bond motifs is 2. The van der Waals surface area contributed by atoms with Crippen LogP contribution in [0.25, 0.3) is 45.6 Å². The Labute approximate surface area is 247 Å². The van der Waals surface area contributed by atoms with Crippen molar-refractivity contribution < 1.29 is 52.7 Å². The highest BCUT2D eigenvalue weighted by Crippen LogP contribution is 2.51. The number of benzene rings is 2. The fraction of sp³-hybridized carbons (Fsp3) is 0.133. The fourth-order valence-electron chi connectivity index (χ4n) is 5.06. The van der Waals surface area contributed by atoms with Crippen LogP contribution >= 0.6 is 22.7 Å². The van der Waals surface area contributed by atoms with Crippen molar-refractivity contribution in [1.82, 2.24) is 0 Å². The molecule has 0 bridgehead atoms. The van der Waals surface area contributed by atoms with E-state index in [1.165, 1.54) is 10.8 Å². The van der Waals surface area contributed by atoms with E-state index in [-0.39, 0.29) is 34.4 Å². The first-order valence-electron chi connectivity index (χ1n) is 12.3. The Hall–Kier alpha value is -3.78. The van der Waals surface area contributed by atoms with Gasteiger partial charge in [0.05, 0.1) is 22.3 Å². The van der Waals surface area contributed by atoms with Crippen molar-refractivity contribution in [3.05, 3.63) is 102 Å². The summed E-state index contributed by atoms with van der Waals surface area (Å²) in [5.74, 6) is 0. The Morgan fingerprint density at radius 3 is 0.955 bits per heavy atom. The molecule has 0 nitrogen and oxygen atoms in total. The maximum Gasteiger partial charge on any atom is 0.416 e. The minimum absolute atomic E-state index is 0.0423. The molecule has 2 aliphatic rings. The molecule has 14 heteroatoms. The molecule has 4 aromatic rings. The number of halogens is 12. The predicted molar refractivity (Wildman–Crippen MR) is 144 cm³/mol. The van der Waals surface area contributed by atoms with Crippen LogP contribution in [-0.4, -0.2) is 0 Å². The van der Waals surface area contributed by atoms with Gasteiger partial charge in [0.15, 0.2) is 0 Å². The van der Waals surface area contributed by atoms with Gasteiger partial charge in [0, 0.05) is 43.2 Å². The average molecular weight is 665 g/mol. The van der Waals surface area contributed by atoms with E-state index >= 15 is 0 Å². The summed E-state index contributed by atoms with van der Waals surface area (Å²) in [7, 11) is 0. The van der Waals surface area contributed by atoms with Crippen LogP contribution < -0.4 is 0 Å². The highest BCUT2D eigenvalue weighted by molar-refractivity contribution is 7.13. The molecule has 0 unspecified atom stereocenters. The summed E-state index contributed by atoms with van der Waals surface area (Å²) < 4.78 is 161. The first-order valence-corrected chi connectivity index (χ1v) is 14.0. The van der Waals surface area contributed by atoms with E-state index in [2.05, 4.69) is 0 Å². The Bertz CT molecular complexity index is 1700. The van der Waals surface area contributed by atoms with Crippen LogP contribution in [0, 0.1) is 0 Å². The molecule has 2 aromatic heterocycles. The van der Waals surface area contributed by atoms with Crippen LogP contribution in [0.15, 0.2) is 59.3 Å². The van der Waals surface area contributed by atoms with Gasteiger partial charge in [0.2, 0.25) is 0 Å². The topological polar surface area (TPSA) is 0 Å². The van der Waals surface area contributed by atoms with Gasteiger partial charge < -0.3 is 0 Å². The Balaban J connectivity index is 1.43. The molecule has 6 rings (SSSR count). The number of alkyl halides is 12. The molecule has 2 heterocycles. The molecule has 0 saturated heterocycles. The standard InChI is InChI=1S/C30H12F12S2/c31-27(32,33)15-5-13(6-16(9-15)28(34,35)36)23-11-43-25-19(1-3-21(23)25)20-2-4-22-24(12-44-26(20)22)14-7-17(29(37,38)39)10-18(8-14)30(40,41)42/h1-12H/b20-19+. The lowest BCUT2D eigenvalue weighted by Gasteiger charge is -2.14. The molecule has 0 radical (unpaired) electrons. The smallest absolute Gasteiger partial charge is 0.166 e. The Morgan fingerprint density at radius 1 is 0.386 bits per heavy atom. The monoisotopic (exact) mass is 664 g/mol. The van der Waals surface area contributed by atoms with Crippen LogP contribution in [0.4, 0.5) is 52.7 Å². The zero-order valence-corrected chi connectivity index (χ0v) is 22.9. The van der Waals surface area contributed by atoms with Gasteiger partial charge >= 0.3 is 24.7 Å². The molecule has 0 N–H and O–H groups in total. The zero-order valence-electron chi connectivity index (χ0n) is 21.3. The normalized spacial score (nSPS) is 16.6. The highest BCUT2D eigenvalue weighted by Gasteiger charge is 2.39. The van der Waals surface area contributed by atoms with Gasteiger partial charge in [-0.05, 0) is 58.3 Å². The second-order valence-electron chi connectivity index (χ2n) is 9.87. The number of hydrogen-bond acceptors (Lipinski definition) is 2. The molecule has 0 fully saturated rings. The third-order valence-electron chi connectivity index (χ3n) is 7.07. The summed E-state index contributed by atoms with van der Waals surface area (Å²) in [6, 6.07) is 2.64. The SMILES string of the molecule is FC(F)(F)c1cc(-c2csc3c2C=C/C3=C2/C=Cc3c(-c4cc(C(F)(F)F)cc(C(F)(F)F)c4)csc32)cc(C(F)(F)F)c1. The minimum atomic E-state index is -5.03. The molecule has 44 heavy (non-hydrogen) atoms. The summed E-state index contributed by atoms with van der Waals surface area (Å²) in [5, 5.41) is 2.87. The van der Waals surface area contributed by atoms with Crippen molar-refractivity contribution in [2.75, 3.05) is 0 Å². The predicted octanol–water partition coefficient (Wildman–Crippen LogP) is 12.2. The number of allylic oxidation sites excluding steroid dienone is 4. The van der Waals surface area contributed by atoms with Crippen molar-refractivity contribution in [1.29, 1.82) is 0 Å². The van der Waals surface area contributed by atoms with Gasteiger partial charge in [0.1, 0.15) is 0 Å². The van der Waals surface area contributed by atoms with Gasteiger partial charge in [-0.2, -0.15) is 52.7 Å². The van der Waals surface area contributed by atoms with E-state index in [1.807, 2.05) is 0 Å². The van der Waals surface area contributed by atoms with Gasteiger partial charge in [-0.1, -0.05) is 24.3 Å². The number of rotatable bonds is 2. The third-order valence-corrected chi connectivity index (χ3v) is 9.13. The van der Waals surface area contributed by atoms with Crippen molar-refractivity contribution in [2.24, 2.45) is 0 Å². The van der Waals surface area contributed by atoms with Crippen molar-refractivity contribution in [3.8, 4) is 22.3 Å². The van der Waals surface area contributed by atoms with Gasteiger partial charge in [-0.15, -0.1) is 22.7 Å². The fourth-order valence-corrected chi connectivity index (χ4v) is 7.28. The Morgan fingerprint density at radius 2 is 0.682 bits per heavy atom. The van der Waals surface area contributed by atoms with Crippen LogP contribution in [0.3, 0.4) is 0 Å². The van der Waals surface area contributed by atoms with E-state index in [0.29, 0.717) is 56.3 Å². The van der Waals surface area contributed by atoms with E-state index in [9.17, 15) is 52.7 Å². The summed E-state index contributed by atoms with van der Waals surface area (Å²) >= 11 is 2.16. The summed E-state index contributed by atoms with van der Waals surface area (Å²) in [5.41, 5.74) is -4.23. The van der Waals surface area contributed by atoms with Gasteiger partial charge in [-0.3, -0.25) is 0 Å². The molecule has 0 saturated carbocycles. The molecule has 2 aliphatic carbocycles. The molecule has 0 spiro atoms. The lowest BCUT2D eigenvalue weighted by molar-refractivity contribution is -0.144. The maximum atomic E-state index is 13.4. The van der Waals surface area contributed by atoms with Crippen molar-refractivity contribution in [3.63, 3.8) is 0 Å². The van der Waals surface area contributed by atoms with Crippen LogP contribution in [0.2, 0.25) is 0 Å². The molecule has 0 atom stereocenters. The molecular weight excluding hydrogens is 652 g/mol. The minimum Gasteiger partial charge on any atom is -0.166 e. The Kier molecular flexibility index (Phi) is 6.78. The number of hydrogen-bond donors (Lipinski definition) is 0. The zero-order chi connectivity index (χ0) is 32.0. The van der Waals surface area contributed by atoms with E-state index in [4.69, 9.17) is 0 Å².